The molecule has 22 heavy (non-hydrogen) atoms. The fraction of sp³-hybridized carbons (Fsp3) is 0.389. The van der Waals surface area contributed by atoms with Crippen molar-refractivity contribution in [2.24, 2.45) is 5.92 Å². The van der Waals surface area contributed by atoms with Crippen molar-refractivity contribution < 1.29 is 9.90 Å². The maximum absolute atomic E-state index is 12.2. The predicted molar refractivity (Wildman–Crippen MR) is 87.6 cm³/mol. The van der Waals surface area contributed by atoms with E-state index in [0.717, 1.165) is 29.3 Å². The Morgan fingerprint density at radius 1 is 1.36 bits per heavy atom. The van der Waals surface area contributed by atoms with E-state index in [0.29, 0.717) is 6.42 Å². The number of fused-ring (bicyclic) bond motifs is 1. The van der Waals surface area contributed by atoms with Crippen LogP contribution in [0, 0.1) is 5.92 Å². The lowest BCUT2D eigenvalue weighted by Crippen LogP contribution is -2.34. The number of aliphatic hydroxyl groups excluding tert-OH is 1. The summed E-state index contributed by atoms with van der Waals surface area (Å²) in [5.41, 5.74) is 3.44. The van der Waals surface area contributed by atoms with Crippen LogP contribution in [-0.2, 0) is 17.6 Å². The normalized spacial score (nSPS) is 20.6. The molecule has 1 amide bonds. The van der Waals surface area contributed by atoms with Crippen LogP contribution < -0.4 is 5.32 Å². The molecule has 1 heterocycles. The van der Waals surface area contributed by atoms with Gasteiger partial charge in [0.05, 0.1) is 6.42 Å². The SMILES string of the molecule is CCc1cccc2c(CC(=O)N[C@@H]3C=C[C@H](CO)C3)c[nH]c12. The van der Waals surface area contributed by atoms with Crippen molar-refractivity contribution >= 4 is 16.8 Å². The van der Waals surface area contributed by atoms with Crippen LogP contribution in [0.25, 0.3) is 10.9 Å². The summed E-state index contributed by atoms with van der Waals surface area (Å²) in [6.07, 6.45) is 8.02. The lowest BCUT2D eigenvalue weighted by Gasteiger charge is -2.12. The van der Waals surface area contributed by atoms with Gasteiger partial charge in [0.2, 0.25) is 5.91 Å². The van der Waals surface area contributed by atoms with E-state index in [4.69, 9.17) is 5.11 Å². The van der Waals surface area contributed by atoms with E-state index >= 15 is 0 Å². The van der Waals surface area contributed by atoms with Gasteiger partial charge in [-0.3, -0.25) is 4.79 Å². The number of aliphatic hydroxyl groups is 1. The minimum atomic E-state index is 0.0241. The second-order valence-corrected chi connectivity index (χ2v) is 5.92. The molecule has 1 aliphatic rings. The summed E-state index contributed by atoms with van der Waals surface area (Å²) in [6.45, 7) is 2.27. The number of aryl methyl sites for hydroxylation is 1. The molecule has 4 heteroatoms. The Kier molecular flexibility index (Phi) is 4.29. The Hall–Kier alpha value is -2.07. The molecular formula is C18H22N2O2. The van der Waals surface area contributed by atoms with E-state index in [1.165, 1.54) is 5.56 Å². The third-order valence-electron chi connectivity index (χ3n) is 4.37. The Bertz CT molecular complexity index is 702. The predicted octanol–water partition coefficient (Wildman–Crippen LogP) is 2.33. The van der Waals surface area contributed by atoms with Crippen molar-refractivity contribution in [1.29, 1.82) is 0 Å². The fourth-order valence-corrected chi connectivity index (χ4v) is 3.16. The highest BCUT2D eigenvalue weighted by atomic mass is 16.3. The molecule has 0 spiro atoms. The zero-order valence-electron chi connectivity index (χ0n) is 12.8. The van der Waals surface area contributed by atoms with Crippen molar-refractivity contribution in [2.45, 2.75) is 32.2 Å². The molecule has 0 aliphatic heterocycles. The van der Waals surface area contributed by atoms with Crippen LogP contribution in [0.3, 0.4) is 0 Å². The molecule has 0 unspecified atom stereocenters. The van der Waals surface area contributed by atoms with Gasteiger partial charge in [0, 0.05) is 35.7 Å². The fourth-order valence-electron chi connectivity index (χ4n) is 3.16. The van der Waals surface area contributed by atoms with Crippen LogP contribution in [-0.4, -0.2) is 28.6 Å². The van der Waals surface area contributed by atoms with Crippen molar-refractivity contribution in [3.05, 3.63) is 47.7 Å². The van der Waals surface area contributed by atoms with Crippen molar-refractivity contribution in [3.63, 3.8) is 0 Å². The number of carbonyl (C=O) groups excluding carboxylic acids is 1. The largest absolute Gasteiger partial charge is 0.396 e. The Morgan fingerprint density at radius 3 is 2.95 bits per heavy atom. The molecule has 0 saturated carbocycles. The van der Waals surface area contributed by atoms with E-state index in [1.54, 1.807) is 0 Å². The Labute approximate surface area is 130 Å². The van der Waals surface area contributed by atoms with E-state index < -0.39 is 0 Å². The van der Waals surface area contributed by atoms with Crippen molar-refractivity contribution in [1.82, 2.24) is 10.3 Å². The van der Waals surface area contributed by atoms with E-state index in [2.05, 4.69) is 29.4 Å². The average Bonchev–Trinajstić information content (AvgIpc) is 3.14. The standard InChI is InChI=1S/C18H22N2O2/c1-2-13-4-3-5-16-14(10-19-18(13)16)9-17(22)20-15-7-6-12(8-15)11-21/h3-7,10,12,15,19,21H,2,8-9,11H2,1H3,(H,20,22)/t12-,15+/m0/s1. The van der Waals surface area contributed by atoms with Gasteiger partial charge in [0.1, 0.15) is 0 Å². The number of aromatic nitrogens is 1. The number of nitrogens with one attached hydrogen (secondary N) is 2. The van der Waals surface area contributed by atoms with Gasteiger partial charge < -0.3 is 15.4 Å². The summed E-state index contributed by atoms with van der Waals surface area (Å²) in [7, 11) is 0. The Balaban J connectivity index is 1.68. The monoisotopic (exact) mass is 298 g/mol. The van der Waals surface area contributed by atoms with Crippen LogP contribution in [0.15, 0.2) is 36.5 Å². The van der Waals surface area contributed by atoms with Gasteiger partial charge in [-0.05, 0) is 24.0 Å². The zero-order chi connectivity index (χ0) is 15.5. The summed E-state index contributed by atoms with van der Waals surface area (Å²) in [6, 6.07) is 6.26. The van der Waals surface area contributed by atoms with E-state index in [9.17, 15) is 4.79 Å². The zero-order valence-corrected chi connectivity index (χ0v) is 12.8. The molecule has 0 bridgehead atoms. The minimum absolute atomic E-state index is 0.0241. The van der Waals surface area contributed by atoms with Gasteiger partial charge in [0.15, 0.2) is 0 Å². The summed E-state index contributed by atoms with van der Waals surface area (Å²) < 4.78 is 0. The molecule has 2 atom stereocenters. The summed E-state index contributed by atoms with van der Waals surface area (Å²) in [5, 5.41) is 13.3. The number of para-hydroxylation sites is 1. The van der Waals surface area contributed by atoms with Gasteiger partial charge in [-0.15, -0.1) is 0 Å². The van der Waals surface area contributed by atoms with Crippen LogP contribution in [0.4, 0.5) is 0 Å². The number of carbonyl (C=O) groups is 1. The highest BCUT2D eigenvalue weighted by Crippen LogP contribution is 2.23. The van der Waals surface area contributed by atoms with Gasteiger partial charge in [-0.1, -0.05) is 37.3 Å². The van der Waals surface area contributed by atoms with Crippen LogP contribution in [0.1, 0.15) is 24.5 Å². The highest BCUT2D eigenvalue weighted by molar-refractivity contribution is 5.90. The van der Waals surface area contributed by atoms with Crippen molar-refractivity contribution in [3.8, 4) is 0 Å². The third kappa shape index (κ3) is 2.92. The molecule has 3 rings (SSSR count). The first-order valence-corrected chi connectivity index (χ1v) is 7.87. The molecule has 4 nitrogen and oxygen atoms in total. The van der Waals surface area contributed by atoms with Gasteiger partial charge in [0.25, 0.3) is 0 Å². The first-order valence-electron chi connectivity index (χ1n) is 7.87. The Morgan fingerprint density at radius 2 is 2.23 bits per heavy atom. The average molecular weight is 298 g/mol. The molecule has 1 aromatic heterocycles. The molecule has 0 saturated heterocycles. The van der Waals surface area contributed by atoms with Crippen molar-refractivity contribution in [2.75, 3.05) is 6.61 Å². The number of aromatic amines is 1. The first kappa shape index (κ1) is 14.9. The number of hydrogen-bond acceptors (Lipinski definition) is 2. The summed E-state index contributed by atoms with van der Waals surface area (Å²) in [5.74, 6) is 0.196. The quantitative estimate of drug-likeness (QED) is 0.742. The molecule has 116 valence electrons. The molecule has 1 aliphatic carbocycles. The number of H-pyrrole nitrogens is 1. The molecule has 1 aromatic carbocycles. The minimum Gasteiger partial charge on any atom is -0.396 e. The topological polar surface area (TPSA) is 65.1 Å². The smallest absolute Gasteiger partial charge is 0.224 e. The van der Waals surface area contributed by atoms with Crippen LogP contribution in [0.2, 0.25) is 0 Å². The maximum Gasteiger partial charge on any atom is 0.224 e. The van der Waals surface area contributed by atoms with E-state index in [1.807, 2.05) is 24.4 Å². The molecular weight excluding hydrogens is 276 g/mol. The van der Waals surface area contributed by atoms with Gasteiger partial charge in [-0.25, -0.2) is 0 Å². The first-order chi connectivity index (χ1) is 10.7. The second kappa shape index (κ2) is 6.36. The summed E-state index contributed by atoms with van der Waals surface area (Å²) in [4.78, 5) is 15.5. The van der Waals surface area contributed by atoms with E-state index in [-0.39, 0.29) is 24.5 Å². The maximum atomic E-state index is 12.2. The van der Waals surface area contributed by atoms with Gasteiger partial charge >= 0.3 is 0 Å². The van der Waals surface area contributed by atoms with Crippen LogP contribution >= 0.6 is 0 Å². The highest BCUT2D eigenvalue weighted by Gasteiger charge is 2.20. The summed E-state index contributed by atoms with van der Waals surface area (Å²) >= 11 is 0. The number of hydrogen-bond donors (Lipinski definition) is 3. The third-order valence-corrected chi connectivity index (χ3v) is 4.37. The second-order valence-electron chi connectivity index (χ2n) is 5.92. The molecule has 3 N–H and O–H groups in total. The molecule has 0 fully saturated rings. The lowest BCUT2D eigenvalue weighted by atomic mass is 10.0. The number of amides is 1. The lowest BCUT2D eigenvalue weighted by molar-refractivity contribution is -0.120. The van der Waals surface area contributed by atoms with Crippen LogP contribution in [0.5, 0.6) is 0 Å². The number of benzene rings is 1. The molecule has 2 aromatic rings. The molecule has 0 radical (unpaired) electrons. The van der Waals surface area contributed by atoms with Gasteiger partial charge in [-0.2, -0.15) is 0 Å². The number of rotatable bonds is 5.